The van der Waals surface area contributed by atoms with Crippen molar-refractivity contribution in [2.75, 3.05) is 36.0 Å². The van der Waals surface area contributed by atoms with Crippen LogP contribution in [-0.4, -0.2) is 38.0 Å². The maximum absolute atomic E-state index is 11.8. The van der Waals surface area contributed by atoms with Gasteiger partial charge in [0.15, 0.2) is 0 Å². The van der Waals surface area contributed by atoms with Gasteiger partial charge in [0, 0.05) is 37.6 Å². The SMILES string of the molecule is NC(=O)C1Cc2ccccc2N(C/C=C/CN2CC(C(N)=O)Cc3ccccc32)C1. The Morgan fingerprint density at radius 2 is 1.17 bits per heavy atom. The van der Waals surface area contributed by atoms with E-state index in [9.17, 15) is 9.59 Å². The van der Waals surface area contributed by atoms with E-state index in [1.807, 2.05) is 24.3 Å². The maximum Gasteiger partial charge on any atom is 0.222 e. The highest BCUT2D eigenvalue weighted by molar-refractivity contribution is 5.80. The molecule has 0 saturated heterocycles. The third kappa shape index (κ3) is 4.17. The maximum atomic E-state index is 11.8. The third-order valence-electron chi connectivity index (χ3n) is 6.10. The van der Waals surface area contributed by atoms with Crippen LogP contribution in [0.3, 0.4) is 0 Å². The number of carbonyl (C=O) groups is 2. The smallest absolute Gasteiger partial charge is 0.222 e. The van der Waals surface area contributed by atoms with E-state index in [1.165, 1.54) is 0 Å². The topological polar surface area (TPSA) is 92.7 Å². The van der Waals surface area contributed by atoms with Crippen molar-refractivity contribution >= 4 is 23.2 Å². The summed E-state index contributed by atoms with van der Waals surface area (Å²) >= 11 is 0. The Labute approximate surface area is 177 Å². The van der Waals surface area contributed by atoms with Gasteiger partial charge in [-0.1, -0.05) is 48.6 Å². The molecule has 30 heavy (non-hydrogen) atoms. The van der Waals surface area contributed by atoms with E-state index in [0.717, 1.165) is 22.5 Å². The molecule has 2 amide bonds. The first-order chi connectivity index (χ1) is 14.5. The molecule has 0 saturated carbocycles. The first kappa shape index (κ1) is 20.0. The predicted octanol–water partition coefficient (Wildman–Crippen LogP) is 1.87. The molecular weight excluding hydrogens is 376 g/mol. The number of rotatable bonds is 6. The lowest BCUT2D eigenvalue weighted by atomic mass is 9.92. The number of primary amides is 2. The van der Waals surface area contributed by atoms with E-state index < -0.39 is 0 Å². The summed E-state index contributed by atoms with van der Waals surface area (Å²) < 4.78 is 0. The van der Waals surface area contributed by atoms with Crippen LogP contribution in [0.25, 0.3) is 0 Å². The molecule has 0 bridgehead atoms. The molecule has 2 aliphatic heterocycles. The van der Waals surface area contributed by atoms with E-state index in [-0.39, 0.29) is 23.7 Å². The van der Waals surface area contributed by atoms with Crippen molar-refractivity contribution in [3.05, 3.63) is 71.8 Å². The van der Waals surface area contributed by atoms with E-state index in [1.54, 1.807) is 0 Å². The second kappa shape index (κ2) is 8.61. The van der Waals surface area contributed by atoms with Gasteiger partial charge in [0.25, 0.3) is 0 Å². The van der Waals surface area contributed by atoms with E-state index >= 15 is 0 Å². The molecule has 4 N–H and O–H groups in total. The number of nitrogens with zero attached hydrogens (tertiary/aromatic N) is 2. The lowest BCUT2D eigenvalue weighted by molar-refractivity contribution is -0.122. The number of benzene rings is 2. The third-order valence-corrected chi connectivity index (χ3v) is 6.10. The summed E-state index contributed by atoms with van der Waals surface area (Å²) in [6, 6.07) is 16.4. The Bertz CT molecular complexity index is 894. The van der Waals surface area contributed by atoms with E-state index in [0.29, 0.717) is 39.0 Å². The molecular formula is C24H28N4O2. The van der Waals surface area contributed by atoms with Gasteiger partial charge in [0.1, 0.15) is 0 Å². The van der Waals surface area contributed by atoms with Crippen molar-refractivity contribution in [1.29, 1.82) is 0 Å². The monoisotopic (exact) mass is 404 g/mol. The van der Waals surface area contributed by atoms with Gasteiger partial charge < -0.3 is 21.3 Å². The standard InChI is InChI=1S/C24H28N4O2/c25-23(29)19-13-17-7-1-3-9-21(17)27(15-19)11-5-6-12-28-16-20(24(26)30)14-18-8-2-4-10-22(18)28/h1-10,19-20H,11-16H2,(H2,25,29)(H2,26,30)/b6-5+. The first-order valence-corrected chi connectivity index (χ1v) is 10.4. The van der Waals surface area contributed by atoms with Crippen molar-refractivity contribution < 1.29 is 9.59 Å². The largest absolute Gasteiger partial charge is 0.369 e. The van der Waals surface area contributed by atoms with Gasteiger partial charge in [-0.15, -0.1) is 0 Å². The fraction of sp³-hybridized carbons (Fsp3) is 0.333. The number of amides is 2. The number of nitrogens with two attached hydrogens (primary N) is 2. The summed E-state index contributed by atoms with van der Waals surface area (Å²) in [5, 5.41) is 0. The second-order valence-corrected chi connectivity index (χ2v) is 8.15. The number of anilines is 2. The fourth-order valence-corrected chi connectivity index (χ4v) is 4.50. The normalized spacial score (nSPS) is 20.7. The molecule has 0 fully saturated rings. The van der Waals surface area contributed by atoms with E-state index in [2.05, 4.69) is 46.2 Å². The summed E-state index contributed by atoms with van der Waals surface area (Å²) in [6.07, 6.45) is 5.64. The van der Waals surface area contributed by atoms with Crippen molar-refractivity contribution in [2.45, 2.75) is 12.8 Å². The van der Waals surface area contributed by atoms with Gasteiger partial charge in [-0.25, -0.2) is 0 Å². The zero-order valence-corrected chi connectivity index (χ0v) is 17.0. The minimum atomic E-state index is -0.249. The second-order valence-electron chi connectivity index (χ2n) is 8.15. The zero-order valence-electron chi connectivity index (χ0n) is 17.0. The number of fused-ring (bicyclic) bond motifs is 2. The Hall–Kier alpha value is -3.28. The summed E-state index contributed by atoms with van der Waals surface area (Å²) in [7, 11) is 0. The molecule has 6 nitrogen and oxygen atoms in total. The molecule has 2 heterocycles. The van der Waals surface area contributed by atoms with Crippen LogP contribution in [-0.2, 0) is 22.4 Å². The molecule has 2 aromatic rings. The summed E-state index contributed by atoms with van der Waals surface area (Å²) in [5.41, 5.74) is 15.8. The van der Waals surface area contributed by atoms with Crippen LogP contribution < -0.4 is 21.3 Å². The molecule has 2 aromatic carbocycles. The van der Waals surface area contributed by atoms with Crippen LogP contribution in [0.5, 0.6) is 0 Å². The average molecular weight is 405 g/mol. The van der Waals surface area contributed by atoms with Crippen molar-refractivity contribution in [3.8, 4) is 0 Å². The summed E-state index contributed by atoms with van der Waals surface area (Å²) in [4.78, 5) is 28.0. The Morgan fingerprint density at radius 3 is 1.57 bits per heavy atom. The number of para-hydroxylation sites is 2. The molecule has 0 radical (unpaired) electrons. The molecule has 6 heteroatoms. The van der Waals surface area contributed by atoms with Crippen LogP contribution in [0.1, 0.15) is 11.1 Å². The summed E-state index contributed by atoms with van der Waals surface area (Å²) in [5.74, 6) is -0.834. The lowest BCUT2D eigenvalue weighted by Gasteiger charge is -2.35. The van der Waals surface area contributed by atoms with Gasteiger partial charge in [-0.3, -0.25) is 9.59 Å². The van der Waals surface area contributed by atoms with E-state index in [4.69, 9.17) is 11.5 Å². The molecule has 2 unspecified atom stereocenters. The number of hydrogen-bond acceptors (Lipinski definition) is 4. The molecule has 0 aliphatic carbocycles. The van der Waals surface area contributed by atoms with Crippen molar-refractivity contribution in [1.82, 2.24) is 0 Å². The fourth-order valence-electron chi connectivity index (χ4n) is 4.50. The van der Waals surface area contributed by atoms with Crippen LogP contribution in [0.4, 0.5) is 11.4 Å². The predicted molar refractivity (Wildman–Crippen MR) is 119 cm³/mol. The quantitative estimate of drug-likeness (QED) is 0.719. The van der Waals surface area contributed by atoms with Gasteiger partial charge in [-0.2, -0.15) is 0 Å². The van der Waals surface area contributed by atoms with Crippen LogP contribution in [0, 0.1) is 11.8 Å². The minimum Gasteiger partial charge on any atom is -0.369 e. The highest BCUT2D eigenvalue weighted by Crippen LogP contribution is 2.30. The molecule has 156 valence electrons. The van der Waals surface area contributed by atoms with Crippen LogP contribution >= 0.6 is 0 Å². The van der Waals surface area contributed by atoms with Crippen LogP contribution in [0.15, 0.2) is 60.7 Å². The molecule has 2 atom stereocenters. The first-order valence-electron chi connectivity index (χ1n) is 10.4. The highest BCUT2D eigenvalue weighted by Gasteiger charge is 2.28. The van der Waals surface area contributed by atoms with Crippen LogP contribution in [0.2, 0.25) is 0 Å². The summed E-state index contributed by atoms with van der Waals surface area (Å²) in [6.45, 7) is 2.67. The molecule has 0 aromatic heterocycles. The van der Waals surface area contributed by atoms with Gasteiger partial charge >= 0.3 is 0 Å². The van der Waals surface area contributed by atoms with Gasteiger partial charge in [-0.05, 0) is 36.1 Å². The molecule has 0 spiro atoms. The Kier molecular flexibility index (Phi) is 5.74. The van der Waals surface area contributed by atoms with Gasteiger partial charge in [0.05, 0.1) is 11.8 Å². The average Bonchev–Trinajstić information content (AvgIpc) is 2.76. The van der Waals surface area contributed by atoms with Crippen molar-refractivity contribution in [3.63, 3.8) is 0 Å². The minimum absolute atomic E-state index is 0.168. The molecule has 4 rings (SSSR count). The molecule has 2 aliphatic rings. The number of hydrogen-bond donors (Lipinski definition) is 2. The zero-order chi connectivity index (χ0) is 21.1. The Morgan fingerprint density at radius 1 is 0.767 bits per heavy atom. The highest BCUT2D eigenvalue weighted by atomic mass is 16.1. The van der Waals surface area contributed by atoms with Gasteiger partial charge in [0.2, 0.25) is 11.8 Å². The lowest BCUT2D eigenvalue weighted by Crippen LogP contribution is -2.42. The number of carbonyl (C=O) groups excluding carboxylic acids is 2. The Balaban J connectivity index is 1.45. The van der Waals surface area contributed by atoms with Crippen molar-refractivity contribution in [2.24, 2.45) is 23.3 Å².